The highest BCUT2D eigenvalue weighted by atomic mass is 127. The number of guanidine groups is 1. The fourth-order valence-corrected chi connectivity index (χ4v) is 3.06. The lowest BCUT2D eigenvalue weighted by molar-refractivity contribution is 0.737. The molecule has 1 fully saturated rings. The van der Waals surface area contributed by atoms with Crippen LogP contribution in [-0.2, 0) is 13.1 Å². The molecule has 1 saturated carbocycles. The van der Waals surface area contributed by atoms with Crippen molar-refractivity contribution in [1.29, 1.82) is 0 Å². The van der Waals surface area contributed by atoms with Gasteiger partial charge >= 0.3 is 0 Å². The first-order chi connectivity index (χ1) is 12.8. The van der Waals surface area contributed by atoms with E-state index in [0.717, 1.165) is 37.0 Å². The van der Waals surface area contributed by atoms with E-state index in [1.807, 2.05) is 25.5 Å². The number of hydrogen-bond donors (Lipinski definition) is 2. The molecule has 1 aliphatic carbocycles. The molecule has 0 radical (unpaired) electrons. The van der Waals surface area contributed by atoms with Gasteiger partial charge in [0.2, 0.25) is 0 Å². The van der Waals surface area contributed by atoms with Gasteiger partial charge < -0.3 is 15.2 Å². The average Bonchev–Trinajstić information content (AvgIpc) is 3.43. The number of aliphatic imine (C=N–C) groups is 1. The molecule has 0 saturated heterocycles. The van der Waals surface area contributed by atoms with Gasteiger partial charge in [0.25, 0.3) is 0 Å². The maximum Gasteiger partial charge on any atom is 0.191 e. The Morgan fingerprint density at radius 1 is 1.07 bits per heavy atom. The Morgan fingerprint density at radius 3 is 2.56 bits per heavy atom. The minimum absolute atomic E-state index is 0. The summed E-state index contributed by atoms with van der Waals surface area (Å²) in [5.41, 5.74) is 4.73. The highest BCUT2D eigenvalue weighted by Gasteiger charge is 2.20. The third-order valence-electron chi connectivity index (χ3n) is 4.84. The summed E-state index contributed by atoms with van der Waals surface area (Å²) < 4.78 is 2.19. The van der Waals surface area contributed by atoms with Gasteiger partial charge in [-0.1, -0.05) is 36.4 Å². The minimum Gasteiger partial charge on any atom is -0.356 e. The molecule has 6 heteroatoms. The zero-order valence-corrected chi connectivity index (χ0v) is 17.9. The summed E-state index contributed by atoms with van der Waals surface area (Å²) in [6, 6.07) is 17.0. The van der Waals surface area contributed by atoms with E-state index >= 15 is 0 Å². The van der Waals surface area contributed by atoms with Crippen molar-refractivity contribution in [3.63, 3.8) is 0 Å². The Labute approximate surface area is 177 Å². The van der Waals surface area contributed by atoms with E-state index in [1.54, 1.807) is 0 Å². The molecule has 2 N–H and O–H groups in total. The second kappa shape index (κ2) is 9.21. The number of benzene rings is 2. The fraction of sp³-hybridized carbons (Fsp3) is 0.333. The zero-order chi connectivity index (χ0) is 17.8. The van der Waals surface area contributed by atoms with Crippen LogP contribution in [0.1, 0.15) is 24.0 Å². The van der Waals surface area contributed by atoms with E-state index < -0.39 is 0 Å². The number of nitrogens with one attached hydrogen (secondary N) is 2. The summed E-state index contributed by atoms with van der Waals surface area (Å²) in [6.07, 6.45) is 4.60. The predicted molar refractivity (Wildman–Crippen MR) is 122 cm³/mol. The van der Waals surface area contributed by atoms with Crippen LogP contribution in [0.3, 0.4) is 0 Å². The van der Waals surface area contributed by atoms with Crippen LogP contribution in [0.25, 0.3) is 11.0 Å². The Balaban J connectivity index is 0.00000210. The number of aromatic nitrogens is 2. The molecular formula is C21H26IN5. The standard InChI is InChI=1S/C21H25N5.HI/c1-22-21(23-12-16-6-7-16)24-13-17-8-10-18(11-9-17)14-26-15-25-19-4-2-3-5-20(19)26;/h2-5,8-11,15-16H,6-7,12-14H2,1H3,(H2,22,23,24);1H. The summed E-state index contributed by atoms with van der Waals surface area (Å²) in [5.74, 6) is 1.72. The molecule has 1 heterocycles. The minimum atomic E-state index is 0. The monoisotopic (exact) mass is 475 g/mol. The lowest BCUT2D eigenvalue weighted by atomic mass is 10.1. The van der Waals surface area contributed by atoms with Crippen LogP contribution in [0.15, 0.2) is 59.9 Å². The molecule has 0 bridgehead atoms. The molecule has 27 heavy (non-hydrogen) atoms. The Morgan fingerprint density at radius 2 is 1.81 bits per heavy atom. The van der Waals surface area contributed by atoms with Gasteiger partial charge in [-0.05, 0) is 42.0 Å². The van der Waals surface area contributed by atoms with Crippen molar-refractivity contribution in [2.45, 2.75) is 25.9 Å². The highest BCUT2D eigenvalue weighted by molar-refractivity contribution is 14.0. The molecule has 0 aliphatic heterocycles. The third-order valence-corrected chi connectivity index (χ3v) is 4.84. The van der Waals surface area contributed by atoms with Gasteiger partial charge in [0, 0.05) is 26.7 Å². The predicted octanol–water partition coefficient (Wildman–Crippen LogP) is 3.78. The van der Waals surface area contributed by atoms with Crippen LogP contribution in [-0.4, -0.2) is 29.1 Å². The van der Waals surface area contributed by atoms with Gasteiger partial charge in [-0.3, -0.25) is 4.99 Å². The second-order valence-electron chi connectivity index (χ2n) is 6.93. The van der Waals surface area contributed by atoms with Crippen LogP contribution in [0.2, 0.25) is 0 Å². The Hall–Kier alpha value is -2.09. The molecular weight excluding hydrogens is 449 g/mol. The molecule has 3 aromatic rings. The van der Waals surface area contributed by atoms with Gasteiger partial charge in [0.15, 0.2) is 5.96 Å². The summed E-state index contributed by atoms with van der Waals surface area (Å²) in [4.78, 5) is 8.74. The van der Waals surface area contributed by atoms with Crippen molar-refractivity contribution in [1.82, 2.24) is 20.2 Å². The summed E-state index contributed by atoms with van der Waals surface area (Å²) in [5, 5.41) is 6.77. The Bertz CT molecular complexity index is 896. The van der Waals surface area contributed by atoms with E-state index in [2.05, 4.69) is 61.6 Å². The van der Waals surface area contributed by atoms with Crippen molar-refractivity contribution >= 4 is 41.0 Å². The first-order valence-electron chi connectivity index (χ1n) is 9.24. The number of fused-ring (bicyclic) bond motifs is 1. The maximum absolute atomic E-state index is 4.46. The number of nitrogens with zero attached hydrogens (tertiary/aromatic N) is 3. The molecule has 4 rings (SSSR count). The molecule has 1 aliphatic rings. The third kappa shape index (κ3) is 5.22. The van der Waals surface area contributed by atoms with E-state index in [4.69, 9.17) is 0 Å². The number of imidazole rings is 1. The lowest BCUT2D eigenvalue weighted by Crippen LogP contribution is -2.37. The number of halogens is 1. The van der Waals surface area contributed by atoms with Crippen LogP contribution >= 0.6 is 24.0 Å². The SMILES string of the molecule is CN=C(NCc1ccc(Cn2cnc3ccccc32)cc1)NCC1CC1.I. The van der Waals surface area contributed by atoms with Crippen LogP contribution in [0, 0.1) is 5.92 Å². The second-order valence-corrected chi connectivity index (χ2v) is 6.93. The van der Waals surface area contributed by atoms with E-state index in [-0.39, 0.29) is 24.0 Å². The zero-order valence-electron chi connectivity index (χ0n) is 15.6. The molecule has 5 nitrogen and oxygen atoms in total. The average molecular weight is 475 g/mol. The topological polar surface area (TPSA) is 54.2 Å². The molecule has 2 aromatic carbocycles. The van der Waals surface area contributed by atoms with Gasteiger partial charge in [-0.15, -0.1) is 24.0 Å². The first-order valence-corrected chi connectivity index (χ1v) is 9.24. The molecule has 0 amide bonds. The normalized spacial score (nSPS) is 14.0. The van der Waals surface area contributed by atoms with Crippen molar-refractivity contribution in [3.8, 4) is 0 Å². The maximum atomic E-state index is 4.46. The number of hydrogen-bond acceptors (Lipinski definition) is 2. The number of rotatable bonds is 6. The van der Waals surface area contributed by atoms with Crippen LogP contribution in [0.5, 0.6) is 0 Å². The van der Waals surface area contributed by atoms with Crippen molar-refractivity contribution in [2.24, 2.45) is 10.9 Å². The molecule has 0 atom stereocenters. The van der Waals surface area contributed by atoms with Crippen molar-refractivity contribution in [2.75, 3.05) is 13.6 Å². The largest absolute Gasteiger partial charge is 0.356 e. The molecule has 0 unspecified atom stereocenters. The van der Waals surface area contributed by atoms with E-state index in [1.165, 1.54) is 29.5 Å². The van der Waals surface area contributed by atoms with Crippen LogP contribution in [0.4, 0.5) is 0 Å². The van der Waals surface area contributed by atoms with Gasteiger partial charge in [-0.2, -0.15) is 0 Å². The smallest absolute Gasteiger partial charge is 0.191 e. The molecule has 0 spiro atoms. The van der Waals surface area contributed by atoms with Crippen molar-refractivity contribution in [3.05, 3.63) is 66.0 Å². The highest BCUT2D eigenvalue weighted by Crippen LogP contribution is 2.27. The molecule has 142 valence electrons. The summed E-state index contributed by atoms with van der Waals surface area (Å²) >= 11 is 0. The summed E-state index contributed by atoms with van der Waals surface area (Å²) in [7, 11) is 1.82. The van der Waals surface area contributed by atoms with Gasteiger partial charge in [0.1, 0.15) is 0 Å². The lowest BCUT2D eigenvalue weighted by Gasteiger charge is -2.12. The first kappa shape index (κ1) is 19.7. The number of para-hydroxylation sites is 2. The van der Waals surface area contributed by atoms with E-state index in [9.17, 15) is 0 Å². The van der Waals surface area contributed by atoms with E-state index in [0.29, 0.717) is 0 Å². The summed E-state index contributed by atoms with van der Waals surface area (Å²) in [6.45, 7) is 2.63. The van der Waals surface area contributed by atoms with Crippen molar-refractivity contribution < 1.29 is 0 Å². The quantitative estimate of drug-likeness (QED) is 0.324. The Kier molecular flexibility index (Phi) is 6.71. The van der Waals surface area contributed by atoms with Crippen LogP contribution < -0.4 is 10.6 Å². The molecule has 1 aromatic heterocycles. The fourth-order valence-electron chi connectivity index (χ4n) is 3.06. The van der Waals surface area contributed by atoms with Gasteiger partial charge in [-0.25, -0.2) is 4.98 Å². The van der Waals surface area contributed by atoms with Gasteiger partial charge in [0.05, 0.1) is 17.4 Å².